The van der Waals surface area contributed by atoms with Crippen LogP contribution in [0, 0.1) is 18.2 Å². The monoisotopic (exact) mass is 707 g/mol. The molecule has 5 heterocycles. The summed E-state index contributed by atoms with van der Waals surface area (Å²) in [6, 6.07) is 19.5. The molecule has 0 atom stereocenters. The van der Waals surface area contributed by atoms with Gasteiger partial charge in [0, 0.05) is 35.8 Å². The number of piperidine rings is 1. The SMILES string of the molecule is Cc1ccc2nc(NC(=O)Nc3ccccc3N3CC4(CCN(CC(C)(C)C)CC4)c4c(-c5nc6cc(F)ccc6s5)ccc(O)c43)sc2n1. The fourth-order valence-corrected chi connectivity index (χ4v) is 9.35. The number of fused-ring (bicyclic) bond motifs is 4. The van der Waals surface area contributed by atoms with Gasteiger partial charge in [0.25, 0.3) is 0 Å². The number of phenols is 1. The van der Waals surface area contributed by atoms with E-state index >= 15 is 0 Å². The number of pyridine rings is 1. The number of hydrogen-bond donors (Lipinski definition) is 3. The molecule has 256 valence electrons. The molecule has 50 heavy (non-hydrogen) atoms. The number of aromatic nitrogens is 3. The molecule has 0 unspecified atom stereocenters. The van der Waals surface area contributed by atoms with Crippen LogP contribution < -0.4 is 15.5 Å². The summed E-state index contributed by atoms with van der Waals surface area (Å²) in [6.07, 6.45) is 1.79. The Morgan fingerprint density at radius 1 is 0.960 bits per heavy atom. The van der Waals surface area contributed by atoms with Crippen LogP contribution in [0.1, 0.15) is 44.9 Å². The summed E-state index contributed by atoms with van der Waals surface area (Å²) in [5.41, 5.74) is 6.24. The third kappa shape index (κ3) is 6.05. The molecule has 0 radical (unpaired) electrons. The number of urea groups is 1. The van der Waals surface area contributed by atoms with Crippen molar-refractivity contribution in [3.05, 3.63) is 83.8 Å². The number of anilines is 4. The molecule has 6 aromatic rings. The number of rotatable bonds is 5. The molecule has 12 heteroatoms. The van der Waals surface area contributed by atoms with Crippen LogP contribution >= 0.6 is 22.7 Å². The van der Waals surface area contributed by atoms with Crippen molar-refractivity contribution in [3.8, 4) is 16.3 Å². The molecule has 0 aliphatic carbocycles. The quantitative estimate of drug-likeness (QED) is 0.164. The Bertz CT molecular complexity index is 2270. The van der Waals surface area contributed by atoms with Crippen LogP contribution in [-0.2, 0) is 5.41 Å². The Morgan fingerprint density at radius 2 is 1.76 bits per heavy atom. The van der Waals surface area contributed by atoms with E-state index in [0.29, 0.717) is 22.9 Å². The van der Waals surface area contributed by atoms with E-state index in [-0.39, 0.29) is 22.4 Å². The number of benzene rings is 3. The minimum Gasteiger partial charge on any atom is -0.506 e. The van der Waals surface area contributed by atoms with Crippen molar-refractivity contribution in [2.24, 2.45) is 5.41 Å². The van der Waals surface area contributed by atoms with Crippen LogP contribution in [-0.4, -0.2) is 57.2 Å². The number of halogens is 1. The second-order valence-corrected chi connectivity index (χ2v) is 16.6. The number of amides is 2. The van der Waals surface area contributed by atoms with Crippen LogP contribution in [0.4, 0.5) is 31.4 Å². The van der Waals surface area contributed by atoms with Gasteiger partial charge in [-0.2, -0.15) is 0 Å². The van der Waals surface area contributed by atoms with E-state index in [0.717, 1.165) is 80.7 Å². The van der Waals surface area contributed by atoms with Crippen molar-refractivity contribution in [2.45, 2.75) is 46.0 Å². The van der Waals surface area contributed by atoms with E-state index in [9.17, 15) is 14.3 Å². The van der Waals surface area contributed by atoms with Gasteiger partial charge < -0.3 is 20.2 Å². The van der Waals surface area contributed by atoms with E-state index in [1.165, 1.54) is 34.8 Å². The molecule has 9 nitrogen and oxygen atoms in total. The Hall–Kier alpha value is -4.65. The number of likely N-dealkylation sites (tertiary alicyclic amines) is 1. The minimum absolute atomic E-state index is 0.168. The van der Waals surface area contributed by atoms with E-state index in [1.54, 1.807) is 12.1 Å². The number of carbonyl (C=O) groups is 1. The number of phenolic OH excluding ortho intramolecular Hbond substituents is 1. The van der Waals surface area contributed by atoms with Gasteiger partial charge in [-0.3, -0.25) is 5.32 Å². The lowest BCUT2D eigenvalue weighted by atomic mass is 9.72. The summed E-state index contributed by atoms with van der Waals surface area (Å²) in [5.74, 6) is -0.149. The number of aromatic hydroxyl groups is 1. The van der Waals surface area contributed by atoms with Crippen molar-refractivity contribution in [1.82, 2.24) is 19.9 Å². The maximum atomic E-state index is 14.2. The van der Waals surface area contributed by atoms with Gasteiger partial charge in [0.05, 0.1) is 27.3 Å². The highest BCUT2D eigenvalue weighted by Crippen LogP contribution is 2.57. The number of para-hydroxylation sites is 2. The minimum atomic E-state index is -0.419. The first-order valence-electron chi connectivity index (χ1n) is 16.8. The van der Waals surface area contributed by atoms with Gasteiger partial charge in [0.15, 0.2) is 5.13 Å². The topological polar surface area (TPSA) is 107 Å². The van der Waals surface area contributed by atoms with E-state index in [4.69, 9.17) is 4.98 Å². The van der Waals surface area contributed by atoms with Crippen molar-refractivity contribution in [2.75, 3.05) is 41.7 Å². The molecule has 0 saturated carbocycles. The average Bonchev–Trinajstić information content (AvgIpc) is 3.76. The van der Waals surface area contributed by atoms with Crippen LogP contribution in [0.5, 0.6) is 5.75 Å². The van der Waals surface area contributed by atoms with Crippen molar-refractivity contribution in [1.29, 1.82) is 0 Å². The standard InChI is InChI=1S/C38H38FN7O2S2/c1-22-9-12-26-34(40-22)50-36(43-26)44-35(48)42-25-7-5-6-8-28(25)46-21-38(15-17-45(18-16-38)20-37(2,3)4)31-24(11-13-29(47)32(31)46)33-41-27-19-23(39)10-14-30(27)49-33/h5-14,19,47H,15-18,20-21H2,1-4H3,(H2,42,43,44,48). The Balaban J connectivity index is 1.18. The van der Waals surface area contributed by atoms with Crippen LogP contribution in [0.25, 0.3) is 31.1 Å². The third-order valence-corrected chi connectivity index (χ3v) is 11.5. The summed E-state index contributed by atoms with van der Waals surface area (Å²) < 4.78 is 15.1. The molecule has 2 aliphatic rings. The second kappa shape index (κ2) is 12.3. The summed E-state index contributed by atoms with van der Waals surface area (Å²) in [6.45, 7) is 12.2. The summed E-state index contributed by atoms with van der Waals surface area (Å²) in [5, 5.41) is 18.8. The number of nitrogens with one attached hydrogen (secondary N) is 2. The average molecular weight is 708 g/mol. The molecule has 2 aliphatic heterocycles. The first-order valence-corrected chi connectivity index (χ1v) is 18.4. The molecule has 2 amide bonds. The summed E-state index contributed by atoms with van der Waals surface area (Å²) >= 11 is 2.86. The Morgan fingerprint density at radius 3 is 2.56 bits per heavy atom. The largest absolute Gasteiger partial charge is 0.506 e. The molecule has 1 fully saturated rings. The molecular formula is C38H38FN7O2S2. The highest BCUT2D eigenvalue weighted by molar-refractivity contribution is 7.22. The fraction of sp³-hybridized carbons (Fsp3) is 0.316. The zero-order valence-electron chi connectivity index (χ0n) is 28.4. The highest BCUT2D eigenvalue weighted by atomic mass is 32.1. The molecular weight excluding hydrogens is 670 g/mol. The molecule has 3 aromatic heterocycles. The van der Waals surface area contributed by atoms with Crippen LogP contribution in [0.3, 0.4) is 0 Å². The maximum Gasteiger partial charge on any atom is 0.325 e. The first kappa shape index (κ1) is 32.5. The lowest BCUT2D eigenvalue weighted by Crippen LogP contribution is -2.47. The van der Waals surface area contributed by atoms with E-state index in [2.05, 4.69) is 51.2 Å². The molecule has 0 bridgehead atoms. The Labute approximate surface area is 297 Å². The normalized spacial score (nSPS) is 16.0. The number of carbonyl (C=O) groups excluding carboxylic acids is 1. The van der Waals surface area contributed by atoms with Crippen molar-refractivity contribution < 1.29 is 14.3 Å². The smallest absolute Gasteiger partial charge is 0.325 e. The predicted molar refractivity (Wildman–Crippen MR) is 202 cm³/mol. The number of thiazole rings is 2. The number of aryl methyl sites for hydroxylation is 1. The second-order valence-electron chi connectivity index (χ2n) is 14.6. The van der Waals surface area contributed by atoms with E-state index < -0.39 is 6.03 Å². The zero-order chi connectivity index (χ0) is 34.8. The summed E-state index contributed by atoms with van der Waals surface area (Å²) in [4.78, 5) is 32.8. The highest BCUT2D eigenvalue weighted by Gasteiger charge is 2.49. The number of nitrogens with zero attached hydrogens (tertiary/aromatic N) is 5. The third-order valence-electron chi connectivity index (χ3n) is 9.57. The first-order chi connectivity index (χ1) is 23.9. The van der Waals surface area contributed by atoms with Gasteiger partial charge in [-0.05, 0) is 92.4 Å². The van der Waals surface area contributed by atoms with Gasteiger partial charge in [-0.25, -0.2) is 24.1 Å². The van der Waals surface area contributed by atoms with Crippen molar-refractivity contribution in [3.63, 3.8) is 0 Å². The van der Waals surface area contributed by atoms with Crippen molar-refractivity contribution >= 4 is 71.5 Å². The predicted octanol–water partition coefficient (Wildman–Crippen LogP) is 9.30. The van der Waals surface area contributed by atoms with Gasteiger partial charge in [-0.15, -0.1) is 11.3 Å². The summed E-state index contributed by atoms with van der Waals surface area (Å²) in [7, 11) is 0. The zero-order valence-corrected chi connectivity index (χ0v) is 30.0. The van der Waals surface area contributed by atoms with Gasteiger partial charge >= 0.3 is 6.03 Å². The van der Waals surface area contributed by atoms with E-state index in [1.807, 2.05) is 49.4 Å². The maximum absolute atomic E-state index is 14.2. The number of hydrogen-bond acceptors (Lipinski definition) is 9. The van der Waals surface area contributed by atoms with Crippen LogP contribution in [0.2, 0.25) is 0 Å². The van der Waals surface area contributed by atoms with Gasteiger partial charge in [0.1, 0.15) is 26.9 Å². The van der Waals surface area contributed by atoms with Gasteiger partial charge in [-0.1, -0.05) is 44.2 Å². The molecule has 1 saturated heterocycles. The van der Waals surface area contributed by atoms with Crippen LogP contribution in [0.15, 0.2) is 66.7 Å². The molecule has 3 aromatic carbocycles. The molecule has 8 rings (SSSR count). The Kier molecular flexibility index (Phi) is 8.00. The van der Waals surface area contributed by atoms with Gasteiger partial charge in [0.2, 0.25) is 0 Å². The lowest BCUT2D eigenvalue weighted by molar-refractivity contribution is 0.125. The molecule has 1 spiro atoms. The fourth-order valence-electron chi connectivity index (χ4n) is 7.50. The molecule has 3 N–H and O–H groups in total. The lowest BCUT2D eigenvalue weighted by Gasteiger charge is -2.42.